The minimum atomic E-state index is -0.305. The summed E-state index contributed by atoms with van der Waals surface area (Å²) in [4.78, 5) is 31.7. The van der Waals surface area contributed by atoms with Crippen LogP contribution in [0.3, 0.4) is 0 Å². The van der Waals surface area contributed by atoms with E-state index in [0.717, 1.165) is 16.8 Å². The molecule has 3 rings (SSSR count). The first kappa shape index (κ1) is 20.0. The third-order valence-corrected chi connectivity index (χ3v) is 5.17. The van der Waals surface area contributed by atoms with Gasteiger partial charge in [0, 0.05) is 26.3 Å². The van der Waals surface area contributed by atoms with Crippen LogP contribution in [0.25, 0.3) is 0 Å². The van der Waals surface area contributed by atoms with Crippen molar-refractivity contribution in [2.75, 3.05) is 20.3 Å². The first-order valence-electron chi connectivity index (χ1n) is 9.62. The highest BCUT2D eigenvalue weighted by Crippen LogP contribution is 2.37. The predicted molar refractivity (Wildman–Crippen MR) is 106 cm³/mol. The Morgan fingerprint density at radius 3 is 2.71 bits per heavy atom. The van der Waals surface area contributed by atoms with E-state index in [1.54, 1.807) is 18.2 Å². The van der Waals surface area contributed by atoms with Crippen LogP contribution < -0.4 is 5.32 Å². The van der Waals surface area contributed by atoms with Gasteiger partial charge in [-0.05, 0) is 31.0 Å². The Bertz CT molecular complexity index is 792. The molecule has 6 heteroatoms. The summed E-state index contributed by atoms with van der Waals surface area (Å²) in [6.07, 6.45) is 2.62. The second-order valence-corrected chi connectivity index (χ2v) is 7.12. The molecule has 148 valence electrons. The molecule has 1 aromatic carbocycles. The van der Waals surface area contributed by atoms with E-state index in [-0.39, 0.29) is 23.8 Å². The molecule has 0 aliphatic carbocycles. The maximum atomic E-state index is 13.0. The standard InChI is InChI=1S/C22H27N3O3/c1-16-6-8-17(9-7-16)21-19(10-11-20(26)25(21)13-14-28-2)22(27)24-15-18-5-3-4-12-23-18/h3-9,12,19,21H,10-11,13-15H2,1-2H3,(H,24,27)/t19-,21-/m1/s1. The molecule has 0 saturated carbocycles. The van der Waals surface area contributed by atoms with Gasteiger partial charge in [0.15, 0.2) is 0 Å². The number of benzene rings is 1. The second kappa shape index (κ2) is 9.46. The Morgan fingerprint density at radius 1 is 1.25 bits per heavy atom. The topological polar surface area (TPSA) is 71.5 Å². The van der Waals surface area contributed by atoms with Gasteiger partial charge < -0.3 is 15.0 Å². The number of ether oxygens (including phenoxy) is 1. The maximum absolute atomic E-state index is 13.0. The lowest BCUT2D eigenvalue weighted by atomic mass is 9.83. The van der Waals surface area contributed by atoms with Crippen LogP contribution in [0.5, 0.6) is 0 Å². The van der Waals surface area contributed by atoms with Gasteiger partial charge >= 0.3 is 0 Å². The summed E-state index contributed by atoms with van der Waals surface area (Å²) >= 11 is 0. The monoisotopic (exact) mass is 381 g/mol. The van der Waals surface area contributed by atoms with Crippen LogP contribution in [0.15, 0.2) is 48.7 Å². The molecule has 6 nitrogen and oxygen atoms in total. The Kier molecular flexibility index (Phi) is 6.76. The van der Waals surface area contributed by atoms with Crippen molar-refractivity contribution >= 4 is 11.8 Å². The van der Waals surface area contributed by atoms with Crippen molar-refractivity contribution < 1.29 is 14.3 Å². The lowest BCUT2D eigenvalue weighted by Gasteiger charge is -2.40. The number of nitrogens with zero attached hydrogens (tertiary/aromatic N) is 2. The summed E-state index contributed by atoms with van der Waals surface area (Å²) in [6, 6.07) is 13.4. The van der Waals surface area contributed by atoms with E-state index in [1.807, 2.05) is 49.4 Å². The molecule has 0 unspecified atom stereocenters. The molecule has 2 amide bonds. The number of rotatable bonds is 7. The van der Waals surface area contributed by atoms with E-state index in [2.05, 4.69) is 10.3 Å². The van der Waals surface area contributed by atoms with Crippen LogP contribution in [-0.4, -0.2) is 42.0 Å². The number of nitrogens with one attached hydrogen (secondary N) is 1. The number of carbonyl (C=O) groups excluding carboxylic acids is 2. The van der Waals surface area contributed by atoms with Crippen LogP contribution in [0.2, 0.25) is 0 Å². The lowest BCUT2D eigenvalue weighted by Crippen LogP contribution is -2.49. The molecule has 1 N–H and O–H groups in total. The van der Waals surface area contributed by atoms with Gasteiger partial charge in [0.05, 0.1) is 30.8 Å². The highest BCUT2D eigenvalue weighted by atomic mass is 16.5. The molecule has 28 heavy (non-hydrogen) atoms. The average Bonchev–Trinajstić information content (AvgIpc) is 2.72. The zero-order valence-corrected chi connectivity index (χ0v) is 16.4. The van der Waals surface area contributed by atoms with Crippen molar-refractivity contribution in [1.29, 1.82) is 0 Å². The number of carbonyl (C=O) groups is 2. The molecule has 2 aromatic rings. The van der Waals surface area contributed by atoms with Gasteiger partial charge in [-0.1, -0.05) is 35.9 Å². The van der Waals surface area contributed by atoms with E-state index in [4.69, 9.17) is 4.74 Å². The average molecular weight is 381 g/mol. The molecular weight excluding hydrogens is 354 g/mol. The van der Waals surface area contributed by atoms with Crippen LogP contribution in [0.4, 0.5) is 0 Å². The quantitative estimate of drug-likeness (QED) is 0.800. The van der Waals surface area contributed by atoms with Crippen molar-refractivity contribution in [3.05, 3.63) is 65.5 Å². The van der Waals surface area contributed by atoms with Gasteiger partial charge in [-0.2, -0.15) is 0 Å². The van der Waals surface area contributed by atoms with Crippen molar-refractivity contribution in [2.24, 2.45) is 5.92 Å². The Hall–Kier alpha value is -2.73. The van der Waals surface area contributed by atoms with Crippen LogP contribution in [0, 0.1) is 12.8 Å². The van der Waals surface area contributed by atoms with E-state index in [9.17, 15) is 9.59 Å². The van der Waals surface area contributed by atoms with Gasteiger partial charge in [0.25, 0.3) is 0 Å². The zero-order valence-electron chi connectivity index (χ0n) is 16.4. The Morgan fingerprint density at radius 2 is 2.04 bits per heavy atom. The fourth-order valence-electron chi connectivity index (χ4n) is 3.67. The third-order valence-electron chi connectivity index (χ3n) is 5.17. The summed E-state index contributed by atoms with van der Waals surface area (Å²) in [5, 5.41) is 3.00. The summed E-state index contributed by atoms with van der Waals surface area (Å²) < 4.78 is 5.19. The minimum Gasteiger partial charge on any atom is -0.383 e. The van der Waals surface area contributed by atoms with Crippen molar-refractivity contribution in [2.45, 2.75) is 32.4 Å². The first-order chi connectivity index (χ1) is 13.6. The Labute approximate surface area is 165 Å². The molecule has 2 heterocycles. The molecule has 0 radical (unpaired) electrons. The van der Waals surface area contributed by atoms with Gasteiger partial charge in [-0.3, -0.25) is 14.6 Å². The molecule has 1 aliphatic rings. The first-order valence-corrected chi connectivity index (χ1v) is 9.62. The number of aryl methyl sites for hydroxylation is 1. The van der Waals surface area contributed by atoms with E-state index < -0.39 is 0 Å². The van der Waals surface area contributed by atoms with E-state index in [1.165, 1.54) is 0 Å². The van der Waals surface area contributed by atoms with Gasteiger partial charge in [0.2, 0.25) is 11.8 Å². The molecule has 2 atom stereocenters. The maximum Gasteiger partial charge on any atom is 0.225 e. The number of hydrogen-bond donors (Lipinski definition) is 1. The Balaban J connectivity index is 1.82. The van der Waals surface area contributed by atoms with Gasteiger partial charge in [-0.25, -0.2) is 0 Å². The molecule has 0 spiro atoms. The largest absolute Gasteiger partial charge is 0.383 e. The van der Waals surface area contributed by atoms with Gasteiger partial charge in [-0.15, -0.1) is 0 Å². The number of piperidine rings is 1. The summed E-state index contributed by atoms with van der Waals surface area (Å²) in [5.74, 6) is -0.288. The highest BCUT2D eigenvalue weighted by molar-refractivity contribution is 5.85. The molecular formula is C22H27N3O3. The molecule has 1 saturated heterocycles. The summed E-state index contributed by atoms with van der Waals surface area (Å²) in [6.45, 7) is 3.31. The predicted octanol–water partition coefficient (Wildman–Crippen LogP) is 2.63. The van der Waals surface area contributed by atoms with Crippen molar-refractivity contribution in [1.82, 2.24) is 15.2 Å². The number of amides is 2. The molecule has 1 aliphatic heterocycles. The number of methoxy groups -OCH3 is 1. The fraction of sp³-hybridized carbons (Fsp3) is 0.409. The smallest absolute Gasteiger partial charge is 0.225 e. The fourth-order valence-corrected chi connectivity index (χ4v) is 3.67. The summed E-state index contributed by atoms with van der Waals surface area (Å²) in [5.41, 5.74) is 2.93. The van der Waals surface area contributed by atoms with Crippen molar-refractivity contribution in [3.8, 4) is 0 Å². The van der Waals surface area contributed by atoms with Crippen LogP contribution in [-0.2, 0) is 20.9 Å². The number of aromatic nitrogens is 1. The van der Waals surface area contributed by atoms with Gasteiger partial charge in [0.1, 0.15) is 0 Å². The third kappa shape index (κ3) is 4.75. The van der Waals surface area contributed by atoms with Crippen LogP contribution >= 0.6 is 0 Å². The molecule has 0 bridgehead atoms. The zero-order chi connectivity index (χ0) is 19.9. The van der Waals surface area contributed by atoms with E-state index >= 15 is 0 Å². The molecule has 1 aromatic heterocycles. The summed E-state index contributed by atoms with van der Waals surface area (Å²) in [7, 11) is 1.62. The van der Waals surface area contributed by atoms with E-state index in [0.29, 0.717) is 32.5 Å². The minimum absolute atomic E-state index is 0.0499. The normalized spacial score (nSPS) is 19.5. The number of likely N-dealkylation sites (tertiary alicyclic amines) is 1. The number of hydrogen-bond acceptors (Lipinski definition) is 4. The second-order valence-electron chi connectivity index (χ2n) is 7.12. The SMILES string of the molecule is COCCN1C(=O)CC[C@@H](C(=O)NCc2ccccn2)[C@H]1c1ccc(C)cc1. The molecule has 1 fully saturated rings. The van der Waals surface area contributed by atoms with Crippen LogP contribution in [0.1, 0.15) is 35.7 Å². The number of pyridine rings is 1. The highest BCUT2D eigenvalue weighted by Gasteiger charge is 2.40. The van der Waals surface area contributed by atoms with Crippen molar-refractivity contribution in [3.63, 3.8) is 0 Å². The lowest BCUT2D eigenvalue weighted by molar-refractivity contribution is -0.144.